The van der Waals surface area contributed by atoms with Crippen LogP contribution in [0, 0.1) is 5.92 Å². The molecule has 0 spiro atoms. The van der Waals surface area contributed by atoms with Crippen LogP contribution in [0.1, 0.15) is 53.3 Å². The molecule has 2 atom stereocenters. The highest BCUT2D eigenvalue weighted by Gasteiger charge is 2.36. The second kappa shape index (κ2) is 4.67. The summed E-state index contributed by atoms with van der Waals surface area (Å²) in [5, 5.41) is 1.19. The molecule has 0 aliphatic heterocycles. The van der Waals surface area contributed by atoms with Crippen molar-refractivity contribution in [1.29, 1.82) is 0 Å². The molecule has 3 rings (SSSR count). The number of nitrogens with zero attached hydrogens (tertiary/aromatic N) is 1. The van der Waals surface area contributed by atoms with Crippen LogP contribution in [-0.2, 0) is 11.2 Å². The maximum Gasteiger partial charge on any atom is 0.122 e. The zero-order chi connectivity index (χ0) is 11.8. The normalized spacial score (nSPS) is 25.6. The minimum absolute atomic E-state index is 0.240. The van der Waals surface area contributed by atoms with Crippen LogP contribution < -0.4 is 5.73 Å². The monoisotopic (exact) mass is 252 g/mol. The van der Waals surface area contributed by atoms with Gasteiger partial charge in [0.15, 0.2) is 0 Å². The van der Waals surface area contributed by atoms with E-state index in [0.29, 0.717) is 11.8 Å². The molecule has 2 aliphatic carbocycles. The number of aromatic nitrogens is 1. The maximum absolute atomic E-state index is 5.84. The van der Waals surface area contributed by atoms with Crippen LogP contribution in [0.3, 0.4) is 0 Å². The molecule has 4 heteroatoms. The molecule has 0 saturated heterocycles. The van der Waals surface area contributed by atoms with Crippen molar-refractivity contribution in [3.05, 3.63) is 15.6 Å². The Morgan fingerprint density at radius 2 is 2.29 bits per heavy atom. The van der Waals surface area contributed by atoms with Crippen LogP contribution in [0.2, 0.25) is 0 Å². The molecule has 0 aromatic carbocycles. The molecule has 0 amide bonds. The van der Waals surface area contributed by atoms with E-state index in [1.165, 1.54) is 47.7 Å². The molecule has 1 aromatic heterocycles. The van der Waals surface area contributed by atoms with Crippen LogP contribution in [0.4, 0.5) is 0 Å². The van der Waals surface area contributed by atoms with Crippen LogP contribution in [0.25, 0.3) is 0 Å². The predicted octanol–water partition coefficient (Wildman–Crippen LogP) is 2.62. The molecule has 1 heterocycles. The summed E-state index contributed by atoms with van der Waals surface area (Å²) in [6.45, 7) is 0.733. The van der Waals surface area contributed by atoms with E-state index in [0.717, 1.165) is 6.54 Å². The highest BCUT2D eigenvalue weighted by atomic mass is 32.1. The lowest BCUT2D eigenvalue weighted by Crippen LogP contribution is -2.17. The SMILES string of the molecule is COC(c1nc2c(s1)CCCC2CN)C1CC1. The molecule has 17 heavy (non-hydrogen) atoms. The fourth-order valence-electron chi connectivity index (χ4n) is 2.77. The van der Waals surface area contributed by atoms with Crippen molar-refractivity contribution in [3.8, 4) is 0 Å². The average Bonchev–Trinajstić information content (AvgIpc) is 3.08. The number of methoxy groups -OCH3 is 1. The maximum atomic E-state index is 5.84. The standard InChI is InChI=1S/C13H20N2OS/c1-16-12(8-5-6-8)13-15-11-9(7-14)3-2-4-10(11)17-13/h8-9,12H,2-7,14H2,1H3. The molecule has 2 aliphatic rings. The number of thiazole rings is 1. The number of nitrogens with two attached hydrogens (primary N) is 1. The molecular weight excluding hydrogens is 232 g/mol. The molecular formula is C13H20N2OS. The van der Waals surface area contributed by atoms with Gasteiger partial charge < -0.3 is 10.5 Å². The third-order valence-electron chi connectivity index (χ3n) is 3.92. The van der Waals surface area contributed by atoms with Crippen molar-refractivity contribution in [2.24, 2.45) is 11.7 Å². The summed E-state index contributed by atoms with van der Waals surface area (Å²) in [5.41, 5.74) is 7.12. The third-order valence-corrected chi connectivity index (χ3v) is 5.11. The smallest absolute Gasteiger partial charge is 0.122 e. The third kappa shape index (κ3) is 2.14. The summed E-state index contributed by atoms with van der Waals surface area (Å²) in [6.07, 6.45) is 6.48. The summed E-state index contributed by atoms with van der Waals surface area (Å²) in [4.78, 5) is 6.31. The second-order valence-electron chi connectivity index (χ2n) is 5.18. The molecule has 94 valence electrons. The fraction of sp³-hybridized carbons (Fsp3) is 0.769. The van der Waals surface area contributed by atoms with Crippen LogP contribution in [0.5, 0.6) is 0 Å². The molecule has 3 nitrogen and oxygen atoms in total. The minimum atomic E-state index is 0.240. The van der Waals surface area contributed by atoms with E-state index in [4.69, 9.17) is 15.5 Å². The Bertz CT molecular complexity index is 400. The number of ether oxygens (including phenoxy) is 1. The van der Waals surface area contributed by atoms with Gasteiger partial charge in [-0.05, 0) is 38.0 Å². The predicted molar refractivity (Wildman–Crippen MR) is 69.3 cm³/mol. The zero-order valence-corrected chi connectivity index (χ0v) is 11.1. The number of aryl methyl sites for hydroxylation is 1. The van der Waals surface area contributed by atoms with Crippen molar-refractivity contribution >= 4 is 11.3 Å². The minimum Gasteiger partial charge on any atom is -0.374 e. The van der Waals surface area contributed by atoms with E-state index in [-0.39, 0.29) is 6.10 Å². The summed E-state index contributed by atoms with van der Waals surface area (Å²) >= 11 is 1.86. The van der Waals surface area contributed by atoms with Crippen LogP contribution in [0.15, 0.2) is 0 Å². The van der Waals surface area contributed by atoms with E-state index >= 15 is 0 Å². The Labute approximate surface area is 106 Å². The van der Waals surface area contributed by atoms with Crippen molar-refractivity contribution < 1.29 is 4.74 Å². The largest absolute Gasteiger partial charge is 0.374 e. The van der Waals surface area contributed by atoms with Gasteiger partial charge in [0.2, 0.25) is 0 Å². The Morgan fingerprint density at radius 1 is 1.47 bits per heavy atom. The first-order chi connectivity index (χ1) is 8.33. The highest BCUT2D eigenvalue weighted by Crippen LogP contribution is 2.46. The lowest BCUT2D eigenvalue weighted by Gasteiger charge is -2.18. The fourth-order valence-corrected chi connectivity index (χ4v) is 4.14. The van der Waals surface area contributed by atoms with Gasteiger partial charge in [-0.25, -0.2) is 4.98 Å². The number of hydrogen-bond acceptors (Lipinski definition) is 4. The topological polar surface area (TPSA) is 48.1 Å². The molecule has 2 unspecified atom stereocenters. The van der Waals surface area contributed by atoms with Gasteiger partial charge in [0.25, 0.3) is 0 Å². The van der Waals surface area contributed by atoms with Gasteiger partial charge in [0, 0.05) is 24.4 Å². The lowest BCUT2D eigenvalue weighted by molar-refractivity contribution is 0.0842. The Balaban J connectivity index is 1.89. The van der Waals surface area contributed by atoms with Gasteiger partial charge >= 0.3 is 0 Å². The van der Waals surface area contributed by atoms with E-state index in [2.05, 4.69) is 0 Å². The highest BCUT2D eigenvalue weighted by molar-refractivity contribution is 7.11. The summed E-state index contributed by atoms with van der Waals surface area (Å²) in [6, 6.07) is 0. The lowest BCUT2D eigenvalue weighted by atomic mass is 9.91. The molecule has 0 radical (unpaired) electrons. The van der Waals surface area contributed by atoms with E-state index in [1.807, 2.05) is 18.4 Å². The summed E-state index contributed by atoms with van der Waals surface area (Å²) in [5.74, 6) is 1.20. The van der Waals surface area contributed by atoms with Crippen LogP contribution >= 0.6 is 11.3 Å². The van der Waals surface area contributed by atoms with Crippen LogP contribution in [-0.4, -0.2) is 18.6 Å². The second-order valence-corrected chi connectivity index (χ2v) is 6.29. The number of hydrogen-bond donors (Lipinski definition) is 1. The number of fused-ring (bicyclic) bond motifs is 1. The summed E-state index contributed by atoms with van der Waals surface area (Å²) in [7, 11) is 1.81. The van der Waals surface area contributed by atoms with Crippen molar-refractivity contribution in [2.45, 2.75) is 44.1 Å². The zero-order valence-electron chi connectivity index (χ0n) is 10.3. The van der Waals surface area contributed by atoms with Crippen molar-refractivity contribution in [2.75, 3.05) is 13.7 Å². The first-order valence-electron chi connectivity index (χ1n) is 6.55. The molecule has 2 N–H and O–H groups in total. The number of rotatable bonds is 4. The van der Waals surface area contributed by atoms with E-state index in [1.54, 1.807) is 0 Å². The Morgan fingerprint density at radius 3 is 2.94 bits per heavy atom. The van der Waals surface area contributed by atoms with Gasteiger partial charge in [-0.2, -0.15) is 0 Å². The molecule has 1 aromatic rings. The molecule has 1 fully saturated rings. The first-order valence-corrected chi connectivity index (χ1v) is 7.37. The van der Waals surface area contributed by atoms with Gasteiger partial charge in [-0.1, -0.05) is 0 Å². The van der Waals surface area contributed by atoms with Gasteiger partial charge in [0.1, 0.15) is 11.1 Å². The molecule has 1 saturated carbocycles. The van der Waals surface area contributed by atoms with Gasteiger partial charge in [-0.15, -0.1) is 11.3 Å². The van der Waals surface area contributed by atoms with Crippen molar-refractivity contribution in [1.82, 2.24) is 4.98 Å². The van der Waals surface area contributed by atoms with E-state index in [9.17, 15) is 0 Å². The van der Waals surface area contributed by atoms with Gasteiger partial charge in [0.05, 0.1) is 5.69 Å². The molecule has 0 bridgehead atoms. The quantitative estimate of drug-likeness (QED) is 0.896. The first kappa shape index (κ1) is 11.6. The van der Waals surface area contributed by atoms with Crippen molar-refractivity contribution in [3.63, 3.8) is 0 Å². The summed E-state index contributed by atoms with van der Waals surface area (Å²) < 4.78 is 5.62. The Hall–Kier alpha value is -0.450. The average molecular weight is 252 g/mol. The van der Waals surface area contributed by atoms with E-state index < -0.39 is 0 Å². The Kier molecular flexibility index (Phi) is 3.19. The van der Waals surface area contributed by atoms with Gasteiger partial charge in [-0.3, -0.25) is 0 Å².